The highest BCUT2D eigenvalue weighted by Crippen LogP contribution is 2.26. The van der Waals surface area contributed by atoms with Gasteiger partial charge in [-0.1, -0.05) is 117 Å². The van der Waals surface area contributed by atoms with E-state index in [0.29, 0.717) is 5.41 Å². The van der Waals surface area contributed by atoms with Gasteiger partial charge in [0.1, 0.15) is 0 Å². The summed E-state index contributed by atoms with van der Waals surface area (Å²) in [5.74, 6) is 0. The Morgan fingerprint density at radius 3 is 1.59 bits per heavy atom. The van der Waals surface area contributed by atoms with E-state index in [-0.39, 0.29) is 0 Å². The average molecular weight is 309 g/mol. The van der Waals surface area contributed by atoms with E-state index >= 15 is 0 Å². The Hall–Kier alpha value is -0.260. The van der Waals surface area contributed by atoms with Crippen LogP contribution < -0.4 is 0 Å². The van der Waals surface area contributed by atoms with Gasteiger partial charge in [-0.15, -0.1) is 0 Å². The summed E-state index contributed by atoms with van der Waals surface area (Å²) in [6.45, 7) is 9.39. The lowest BCUT2D eigenvalue weighted by atomic mass is 9.86. The molecular weight excluding hydrogens is 264 g/mol. The summed E-state index contributed by atoms with van der Waals surface area (Å²) in [7, 11) is 0. The first-order chi connectivity index (χ1) is 10.6. The highest BCUT2D eigenvalue weighted by molar-refractivity contribution is 4.94. The smallest absolute Gasteiger partial charge is 0.0175 e. The summed E-state index contributed by atoms with van der Waals surface area (Å²) in [5.41, 5.74) is 0.408. The number of unbranched alkanes of at least 4 members (excludes halogenated alkanes) is 12. The molecule has 0 rings (SSSR count). The molecule has 132 valence electrons. The molecule has 0 saturated heterocycles. The number of rotatable bonds is 16. The average Bonchev–Trinajstić information content (AvgIpc) is 2.49. The molecule has 0 saturated carbocycles. The molecule has 0 atom stereocenters. The van der Waals surface area contributed by atoms with Crippen LogP contribution >= 0.6 is 0 Å². The molecule has 0 fully saturated rings. The molecule has 0 spiro atoms. The molecule has 0 N–H and O–H groups in total. The number of hydrogen-bond donors (Lipinski definition) is 0. The molecule has 0 amide bonds. The summed E-state index contributed by atoms with van der Waals surface area (Å²) in [4.78, 5) is 0. The van der Waals surface area contributed by atoms with Crippen LogP contribution in [0.25, 0.3) is 0 Å². The van der Waals surface area contributed by atoms with Gasteiger partial charge in [0.2, 0.25) is 0 Å². The van der Waals surface area contributed by atoms with Gasteiger partial charge >= 0.3 is 0 Å². The van der Waals surface area contributed by atoms with Gasteiger partial charge in [-0.3, -0.25) is 0 Å². The normalized spacial score (nSPS) is 12.4. The summed E-state index contributed by atoms with van der Waals surface area (Å²) in [6, 6.07) is 0. The zero-order valence-corrected chi connectivity index (χ0v) is 16.3. The summed E-state index contributed by atoms with van der Waals surface area (Å²) in [5, 5.41) is 0. The number of allylic oxidation sites excluding steroid dienone is 2. The van der Waals surface area contributed by atoms with Crippen LogP contribution in [0.4, 0.5) is 0 Å². The fraction of sp³-hybridized carbons (Fsp3) is 0.909. The van der Waals surface area contributed by atoms with Crippen molar-refractivity contribution in [2.45, 2.75) is 124 Å². The Kier molecular flexibility index (Phi) is 15.4. The van der Waals surface area contributed by atoms with Crippen LogP contribution in [-0.4, -0.2) is 0 Å². The van der Waals surface area contributed by atoms with E-state index in [1.807, 2.05) is 0 Å². The van der Waals surface area contributed by atoms with Gasteiger partial charge in [-0.25, -0.2) is 0 Å². The van der Waals surface area contributed by atoms with E-state index in [0.717, 1.165) is 0 Å². The van der Waals surface area contributed by atoms with Crippen LogP contribution in [-0.2, 0) is 0 Å². The third-order valence-electron chi connectivity index (χ3n) is 4.72. The maximum atomic E-state index is 2.48. The molecule has 0 bridgehead atoms. The van der Waals surface area contributed by atoms with Crippen LogP contribution in [0, 0.1) is 5.41 Å². The second kappa shape index (κ2) is 15.6. The van der Waals surface area contributed by atoms with Crippen LogP contribution in [0.5, 0.6) is 0 Å². The van der Waals surface area contributed by atoms with Crippen molar-refractivity contribution >= 4 is 0 Å². The second-order valence-electron chi connectivity index (χ2n) is 7.82. The minimum Gasteiger partial charge on any atom is -0.0880 e. The first-order valence-corrected chi connectivity index (χ1v) is 10.3. The lowest BCUT2D eigenvalue weighted by Gasteiger charge is -2.20. The lowest BCUT2D eigenvalue weighted by molar-refractivity contribution is 0.406. The third-order valence-corrected chi connectivity index (χ3v) is 4.72. The molecule has 0 aromatic carbocycles. The van der Waals surface area contributed by atoms with Gasteiger partial charge in [0.15, 0.2) is 0 Å². The van der Waals surface area contributed by atoms with Crippen molar-refractivity contribution in [1.82, 2.24) is 0 Å². The van der Waals surface area contributed by atoms with E-state index in [9.17, 15) is 0 Å². The van der Waals surface area contributed by atoms with E-state index in [4.69, 9.17) is 0 Å². The zero-order valence-electron chi connectivity index (χ0n) is 16.3. The predicted molar refractivity (Wildman–Crippen MR) is 104 cm³/mol. The molecule has 0 radical (unpaired) electrons. The molecule has 0 aliphatic carbocycles. The fourth-order valence-corrected chi connectivity index (χ4v) is 3.07. The minimum absolute atomic E-state index is 0.408. The van der Waals surface area contributed by atoms with Gasteiger partial charge in [0.25, 0.3) is 0 Å². The molecule has 22 heavy (non-hydrogen) atoms. The van der Waals surface area contributed by atoms with Crippen LogP contribution in [0.3, 0.4) is 0 Å². The molecule has 0 unspecified atom stereocenters. The van der Waals surface area contributed by atoms with Crippen molar-refractivity contribution in [2.24, 2.45) is 5.41 Å². The van der Waals surface area contributed by atoms with Crippen LogP contribution in [0.2, 0.25) is 0 Å². The maximum absolute atomic E-state index is 2.48. The van der Waals surface area contributed by atoms with Crippen molar-refractivity contribution in [3.63, 3.8) is 0 Å². The largest absolute Gasteiger partial charge is 0.0880 e. The highest BCUT2D eigenvalue weighted by atomic mass is 14.2. The lowest BCUT2D eigenvalue weighted by Crippen LogP contribution is -2.06. The van der Waals surface area contributed by atoms with E-state index in [1.54, 1.807) is 0 Å². The van der Waals surface area contributed by atoms with E-state index < -0.39 is 0 Å². The first kappa shape index (κ1) is 21.7. The van der Waals surface area contributed by atoms with E-state index in [2.05, 4.69) is 39.8 Å². The topological polar surface area (TPSA) is 0 Å². The molecule has 0 heterocycles. The fourth-order valence-electron chi connectivity index (χ4n) is 3.07. The standard InChI is InChI=1S/C22H44/c1-5-7-9-11-13-15-17-19-21-22(3,4)20-18-16-14-12-10-8-6-2/h18,20H,5-17,19,21H2,1-4H3. The van der Waals surface area contributed by atoms with Crippen LogP contribution in [0.15, 0.2) is 12.2 Å². The van der Waals surface area contributed by atoms with Gasteiger partial charge in [-0.05, 0) is 24.7 Å². The molecule has 0 aliphatic rings. The second-order valence-corrected chi connectivity index (χ2v) is 7.82. The SMILES string of the molecule is CCCCCCCC=CC(C)(C)CCCCCCCCCC. The predicted octanol–water partition coefficient (Wildman–Crippen LogP) is 8.46. The van der Waals surface area contributed by atoms with Crippen molar-refractivity contribution in [1.29, 1.82) is 0 Å². The van der Waals surface area contributed by atoms with Crippen molar-refractivity contribution in [3.8, 4) is 0 Å². The van der Waals surface area contributed by atoms with E-state index in [1.165, 1.54) is 96.3 Å². The summed E-state index contributed by atoms with van der Waals surface area (Å²) in [6.07, 6.45) is 26.0. The molecular formula is C22H44. The zero-order chi connectivity index (χ0) is 16.5. The van der Waals surface area contributed by atoms with Crippen molar-refractivity contribution < 1.29 is 0 Å². The Labute approximate surface area is 142 Å². The molecule has 0 heteroatoms. The Morgan fingerprint density at radius 2 is 1.05 bits per heavy atom. The Balaban J connectivity index is 3.47. The van der Waals surface area contributed by atoms with Gasteiger partial charge in [0, 0.05) is 0 Å². The van der Waals surface area contributed by atoms with Crippen molar-refractivity contribution in [2.75, 3.05) is 0 Å². The van der Waals surface area contributed by atoms with Gasteiger partial charge in [0.05, 0.1) is 0 Å². The molecule has 0 aliphatic heterocycles. The Morgan fingerprint density at radius 1 is 0.591 bits per heavy atom. The minimum atomic E-state index is 0.408. The van der Waals surface area contributed by atoms with Gasteiger partial charge in [-0.2, -0.15) is 0 Å². The molecule has 0 aromatic rings. The monoisotopic (exact) mass is 308 g/mol. The molecule has 0 aromatic heterocycles. The maximum Gasteiger partial charge on any atom is -0.0175 e. The summed E-state index contributed by atoms with van der Waals surface area (Å²) >= 11 is 0. The first-order valence-electron chi connectivity index (χ1n) is 10.3. The Bertz CT molecular complexity index is 236. The molecule has 0 nitrogen and oxygen atoms in total. The van der Waals surface area contributed by atoms with Crippen LogP contribution in [0.1, 0.15) is 124 Å². The van der Waals surface area contributed by atoms with Crippen molar-refractivity contribution in [3.05, 3.63) is 12.2 Å². The third kappa shape index (κ3) is 16.1. The quantitative estimate of drug-likeness (QED) is 0.198. The number of hydrogen-bond acceptors (Lipinski definition) is 0. The van der Waals surface area contributed by atoms with Gasteiger partial charge < -0.3 is 0 Å². The highest BCUT2D eigenvalue weighted by Gasteiger charge is 2.12. The summed E-state index contributed by atoms with van der Waals surface area (Å²) < 4.78 is 0.